The van der Waals surface area contributed by atoms with Gasteiger partial charge in [0.25, 0.3) is 0 Å². The predicted octanol–water partition coefficient (Wildman–Crippen LogP) is 2.96. The fraction of sp³-hybridized carbons (Fsp3) is 0.600. The van der Waals surface area contributed by atoms with Crippen molar-refractivity contribution in [3.8, 4) is 0 Å². The summed E-state index contributed by atoms with van der Waals surface area (Å²) in [5.74, 6) is 0. The smallest absolute Gasteiger partial charge is 0.156 e. The van der Waals surface area contributed by atoms with Crippen LogP contribution in [0.5, 0.6) is 0 Å². The van der Waals surface area contributed by atoms with Crippen molar-refractivity contribution in [1.29, 1.82) is 0 Å². The van der Waals surface area contributed by atoms with Gasteiger partial charge in [0.2, 0.25) is 0 Å². The van der Waals surface area contributed by atoms with Crippen LogP contribution in [0.15, 0.2) is 30.3 Å². The Morgan fingerprint density at radius 2 is 1.94 bits per heavy atom. The lowest BCUT2D eigenvalue weighted by molar-refractivity contribution is -0.796. The Bertz CT molecular complexity index is 409. The number of piperidine rings is 1. The van der Waals surface area contributed by atoms with Crippen molar-refractivity contribution >= 4 is 0 Å². The number of rotatable bonds is 2. The van der Waals surface area contributed by atoms with E-state index in [1.54, 1.807) is 5.56 Å². The third-order valence-corrected chi connectivity index (χ3v) is 5.74. The second-order valence-corrected chi connectivity index (χ2v) is 6.10. The highest BCUT2D eigenvalue weighted by molar-refractivity contribution is 5.34. The van der Waals surface area contributed by atoms with E-state index in [1.165, 1.54) is 30.4 Å². The maximum Gasteiger partial charge on any atom is 0.156 e. The molecule has 1 aromatic carbocycles. The van der Waals surface area contributed by atoms with Gasteiger partial charge in [-0.1, -0.05) is 37.3 Å². The predicted molar refractivity (Wildman–Crippen MR) is 67.4 cm³/mol. The minimum atomic E-state index is 0.434. The van der Waals surface area contributed by atoms with Crippen LogP contribution in [0.4, 0.5) is 0 Å². The maximum absolute atomic E-state index is 2.50. The lowest BCUT2D eigenvalue weighted by Crippen LogP contribution is -2.40. The van der Waals surface area contributed by atoms with Crippen molar-refractivity contribution in [2.45, 2.75) is 37.6 Å². The summed E-state index contributed by atoms with van der Waals surface area (Å²) in [4.78, 5) is 0. The Hall–Kier alpha value is -0.820. The molecule has 0 N–H and O–H groups in total. The second-order valence-electron chi connectivity index (χ2n) is 6.10. The van der Waals surface area contributed by atoms with Crippen LogP contribution in [0.1, 0.15) is 32.3 Å². The van der Waals surface area contributed by atoms with Gasteiger partial charge in [0, 0.05) is 6.42 Å². The molecule has 2 fully saturated rings. The van der Waals surface area contributed by atoms with Crippen molar-refractivity contribution in [2.75, 3.05) is 20.1 Å². The van der Waals surface area contributed by atoms with Crippen molar-refractivity contribution < 1.29 is 4.48 Å². The standard InChI is InChI=1S/C15H22N/c1-4-15(13-8-6-5-7-9-13)10-11-16(3)12-14(15,16)2/h5-9H,4,10-12H2,1-3H3/q+1. The fourth-order valence-electron chi connectivity index (χ4n) is 4.32. The summed E-state index contributed by atoms with van der Waals surface area (Å²) in [6, 6.07) is 11.2. The average molecular weight is 216 g/mol. The summed E-state index contributed by atoms with van der Waals surface area (Å²) in [7, 11) is 2.43. The normalized spacial score (nSPS) is 45.4. The number of hydrogen-bond donors (Lipinski definition) is 0. The minimum absolute atomic E-state index is 0.434. The Morgan fingerprint density at radius 1 is 1.25 bits per heavy atom. The van der Waals surface area contributed by atoms with E-state index >= 15 is 0 Å². The maximum atomic E-state index is 2.50. The first kappa shape index (κ1) is 10.3. The van der Waals surface area contributed by atoms with E-state index in [0.717, 1.165) is 0 Å². The molecular weight excluding hydrogens is 194 g/mol. The SMILES string of the molecule is CCC1(c2ccccc2)CC[N+]2(C)CC12C. The highest BCUT2D eigenvalue weighted by Gasteiger charge is 2.77. The van der Waals surface area contributed by atoms with E-state index in [4.69, 9.17) is 0 Å². The van der Waals surface area contributed by atoms with Crippen LogP contribution in [-0.4, -0.2) is 30.2 Å². The third-order valence-electron chi connectivity index (χ3n) is 5.74. The number of quaternary nitrogens is 1. The molecule has 3 unspecified atom stereocenters. The summed E-state index contributed by atoms with van der Waals surface area (Å²) in [6.07, 6.45) is 2.64. The number of hydrogen-bond acceptors (Lipinski definition) is 0. The van der Waals surface area contributed by atoms with Crippen molar-refractivity contribution in [1.82, 2.24) is 0 Å². The lowest BCUT2D eigenvalue weighted by atomic mass is 9.68. The molecule has 0 aliphatic carbocycles. The molecule has 0 aromatic heterocycles. The topological polar surface area (TPSA) is 0 Å². The van der Waals surface area contributed by atoms with Gasteiger partial charge in [-0.15, -0.1) is 0 Å². The van der Waals surface area contributed by atoms with Gasteiger partial charge in [0.05, 0.1) is 19.0 Å². The number of benzene rings is 1. The van der Waals surface area contributed by atoms with Crippen LogP contribution >= 0.6 is 0 Å². The van der Waals surface area contributed by atoms with Crippen LogP contribution in [0.2, 0.25) is 0 Å². The molecule has 2 aliphatic heterocycles. The summed E-state index contributed by atoms with van der Waals surface area (Å²) in [5.41, 5.74) is 2.51. The average Bonchev–Trinajstić information content (AvgIpc) is 2.78. The van der Waals surface area contributed by atoms with E-state index in [2.05, 4.69) is 51.2 Å². The third kappa shape index (κ3) is 0.958. The van der Waals surface area contributed by atoms with Gasteiger partial charge < -0.3 is 4.48 Å². The molecule has 0 radical (unpaired) electrons. The minimum Gasteiger partial charge on any atom is -0.311 e. The van der Waals surface area contributed by atoms with Gasteiger partial charge in [-0.3, -0.25) is 0 Å². The van der Waals surface area contributed by atoms with Crippen molar-refractivity contribution in [3.63, 3.8) is 0 Å². The first-order valence-corrected chi connectivity index (χ1v) is 6.48. The lowest BCUT2D eigenvalue weighted by Gasteiger charge is -2.31. The summed E-state index contributed by atoms with van der Waals surface area (Å²) in [5, 5.41) is 0. The van der Waals surface area contributed by atoms with E-state index in [9.17, 15) is 0 Å². The molecule has 16 heavy (non-hydrogen) atoms. The summed E-state index contributed by atoms with van der Waals surface area (Å²) >= 11 is 0. The van der Waals surface area contributed by atoms with Gasteiger partial charge in [0.15, 0.2) is 5.54 Å². The zero-order chi connectivity index (χ0) is 11.4. The van der Waals surface area contributed by atoms with Gasteiger partial charge >= 0.3 is 0 Å². The molecule has 0 saturated carbocycles. The molecule has 2 aliphatic rings. The van der Waals surface area contributed by atoms with Crippen LogP contribution in [0, 0.1) is 0 Å². The molecular formula is C15H22N+. The second kappa shape index (κ2) is 2.89. The monoisotopic (exact) mass is 216 g/mol. The fourth-order valence-corrected chi connectivity index (χ4v) is 4.32. The van der Waals surface area contributed by atoms with E-state index < -0.39 is 0 Å². The van der Waals surface area contributed by atoms with E-state index in [-0.39, 0.29) is 0 Å². The van der Waals surface area contributed by atoms with Crippen molar-refractivity contribution in [2.24, 2.45) is 0 Å². The Labute approximate surface area is 98.7 Å². The zero-order valence-corrected chi connectivity index (χ0v) is 10.7. The quantitative estimate of drug-likeness (QED) is 0.527. The first-order valence-electron chi connectivity index (χ1n) is 6.48. The van der Waals surface area contributed by atoms with Gasteiger partial charge in [0.1, 0.15) is 6.54 Å². The van der Waals surface area contributed by atoms with Crippen LogP contribution in [0.3, 0.4) is 0 Å². The van der Waals surface area contributed by atoms with Crippen LogP contribution < -0.4 is 0 Å². The highest BCUT2D eigenvalue weighted by atomic mass is 15.6. The molecule has 86 valence electrons. The molecule has 1 heteroatoms. The first-order chi connectivity index (χ1) is 7.58. The molecule has 0 bridgehead atoms. The highest BCUT2D eigenvalue weighted by Crippen LogP contribution is 2.62. The molecule has 3 rings (SSSR count). The molecule has 0 spiro atoms. The van der Waals surface area contributed by atoms with E-state index in [0.29, 0.717) is 11.0 Å². The Kier molecular flexibility index (Phi) is 1.87. The van der Waals surface area contributed by atoms with E-state index in [1.807, 2.05) is 0 Å². The van der Waals surface area contributed by atoms with Gasteiger partial charge in [-0.2, -0.15) is 0 Å². The van der Waals surface area contributed by atoms with Crippen LogP contribution in [0.25, 0.3) is 0 Å². The van der Waals surface area contributed by atoms with Gasteiger partial charge in [-0.25, -0.2) is 0 Å². The van der Waals surface area contributed by atoms with Crippen LogP contribution in [-0.2, 0) is 5.41 Å². The summed E-state index contributed by atoms with van der Waals surface area (Å²) < 4.78 is 1.30. The van der Waals surface area contributed by atoms with Gasteiger partial charge in [-0.05, 0) is 18.9 Å². The molecule has 1 aromatic rings. The molecule has 2 heterocycles. The Morgan fingerprint density at radius 3 is 2.38 bits per heavy atom. The van der Waals surface area contributed by atoms with Crippen molar-refractivity contribution in [3.05, 3.63) is 35.9 Å². The molecule has 3 atom stereocenters. The largest absolute Gasteiger partial charge is 0.311 e. The number of fused-ring (bicyclic) bond motifs is 1. The molecule has 1 nitrogen and oxygen atoms in total. The summed E-state index contributed by atoms with van der Waals surface area (Å²) in [6.45, 7) is 7.59. The number of nitrogens with zero attached hydrogens (tertiary/aromatic N) is 1. The molecule has 2 saturated heterocycles. The molecule has 0 amide bonds. The number of likely N-dealkylation sites (N-methyl/N-ethyl adjacent to an activating group) is 1. The Balaban J connectivity index is 2.10. The zero-order valence-electron chi connectivity index (χ0n) is 10.7.